The highest BCUT2D eigenvalue weighted by Crippen LogP contribution is 2.58. The van der Waals surface area contributed by atoms with Crippen LogP contribution < -0.4 is 0 Å². The molecule has 0 fully saturated rings. The van der Waals surface area contributed by atoms with Crippen molar-refractivity contribution in [2.24, 2.45) is 11.8 Å². The Morgan fingerprint density at radius 2 is 1.51 bits per heavy atom. The molecule has 3 aromatic carbocycles. The van der Waals surface area contributed by atoms with Gasteiger partial charge in [0.1, 0.15) is 11.2 Å². The van der Waals surface area contributed by atoms with Gasteiger partial charge in [-0.1, -0.05) is 84.0 Å². The van der Waals surface area contributed by atoms with Crippen molar-refractivity contribution in [2.75, 3.05) is 0 Å². The Kier molecular flexibility index (Phi) is 6.21. The molecule has 2 nitrogen and oxygen atoms in total. The number of hydrogen-bond donors (Lipinski definition) is 0. The van der Waals surface area contributed by atoms with Gasteiger partial charge in [-0.25, -0.2) is 0 Å². The first kappa shape index (κ1) is 25.9. The first-order valence-corrected chi connectivity index (χ1v) is 14.7. The van der Waals surface area contributed by atoms with Gasteiger partial charge in [-0.2, -0.15) is 0 Å². The molecule has 2 heterocycles. The van der Waals surface area contributed by atoms with Crippen LogP contribution in [0.25, 0.3) is 44.3 Å². The molecule has 0 N–H and O–H groups in total. The second kappa shape index (κ2) is 9.37. The van der Waals surface area contributed by atoms with Crippen molar-refractivity contribution in [3.05, 3.63) is 88.6 Å². The van der Waals surface area contributed by atoms with Crippen molar-refractivity contribution < 1.29 is 4.42 Å². The number of furan rings is 1. The lowest BCUT2D eigenvalue weighted by molar-refractivity contribution is 0.339. The lowest BCUT2D eigenvalue weighted by Gasteiger charge is -2.36. The summed E-state index contributed by atoms with van der Waals surface area (Å²) >= 11 is 0. The maximum absolute atomic E-state index is 6.82. The van der Waals surface area contributed by atoms with E-state index in [1.807, 2.05) is 0 Å². The summed E-state index contributed by atoms with van der Waals surface area (Å²) in [6, 6.07) is 20.4. The van der Waals surface area contributed by atoms with Crippen molar-refractivity contribution >= 4 is 21.9 Å². The van der Waals surface area contributed by atoms with Crippen LogP contribution in [-0.2, 0) is 5.41 Å². The Labute approximate surface area is 233 Å². The number of benzene rings is 3. The Morgan fingerprint density at radius 3 is 2.18 bits per heavy atom. The van der Waals surface area contributed by atoms with Crippen LogP contribution in [0.15, 0.2) is 65.2 Å². The summed E-state index contributed by atoms with van der Waals surface area (Å²) in [6.45, 7) is 18.3. The highest BCUT2D eigenvalue weighted by Gasteiger charge is 2.45. The van der Waals surface area contributed by atoms with Gasteiger partial charge in [0, 0.05) is 27.9 Å². The van der Waals surface area contributed by atoms with E-state index >= 15 is 0 Å². The number of pyridine rings is 1. The van der Waals surface area contributed by atoms with Gasteiger partial charge in [0.15, 0.2) is 0 Å². The van der Waals surface area contributed by atoms with Crippen molar-refractivity contribution in [1.29, 1.82) is 0 Å². The van der Waals surface area contributed by atoms with Crippen molar-refractivity contribution in [3.63, 3.8) is 0 Å². The van der Waals surface area contributed by atoms with Crippen molar-refractivity contribution in [2.45, 2.75) is 79.6 Å². The van der Waals surface area contributed by atoms with Crippen LogP contribution in [0.3, 0.4) is 0 Å². The molecule has 6 rings (SSSR count). The number of nitrogens with zero attached hydrogens (tertiary/aromatic N) is 1. The number of rotatable bonds is 6. The molecule has 0 saturated heterocycles. The average Bonchev–Trinajstić information content (AvgIpc) is 3.36. The minimum Gasteiger partial charge on any atom is -0.455 e. The summed E-state index contributed by atoms with van der Waals surface area (Å²) in [4.78, 5) is 4.96. The summed E-state index contributed by atoms with van der Waals surface area (Å²) in [5.74, 6) is 1.59. The third kappa shape index (κ3) is 3.94. The Balaban J connectivity index is 1.70. The molecule has 0 unspecified atom stereocenters. The molecule has 2 aromatic heterocycles. The average molecular weight is 516 g/mol. The second-order valence-corrected chi connectivity index (χ2v) is 13.0. The minimum absolute atomic E-state index is 0.0383. The minimum atomic E-state index is -0.0383. The van der Waals surface area contributed by atoms with E-state index in [1.165, 1.54) is 49.7 Å². The zero-order valence-electron chi connectivity index (χ0n) is 24.8. The molecule has 0 amide bonds. The Morgan fingerprint density at radius 1 is 0.795 bits per heavy atom. The molecular formula is C37H41NO. The molecule has 5 aromatic rings. The van der Waals surface area contributed by atoms with Gasteiger partial charge in [-0.3, -0.25) is 4.98 Å². The maximum atomic E-state index is 6.82. The van der Waals surface area contributed by atoms with Crippen LogP contribution in [0.5, 0.6) is 0 Å². The number of hydrogen-bond acceptors (Lipinski definition) is 2. The molecule has 1 aliphatic rings. The molecule has 200 valence electrons. The lowest BCUT2D eigenvalue weighted by Crippen LogP contribution is -2.29. The van der Waals surface area contributed by atoms with E-state index in [4.69, 9.17) is 9.40 Å². The summed E-state index contributed by atoms with van der Waals surface area (Å²) < 4.78 is 6.82. The predicted octanol–water partition coefficient (Wildman–Crippen LogP) is 10.7. The highest BCUT2D eigenvalue weighted by molar-refractivity contribution is 6.14. The van der Waals surface area contributed by atoms with Gasteiger partial charge < -0.3 is 4.42 Å². The summed E-state index contributed by atoms with van der Waals surface area (Å²) in [5, 5.41) is 2.50. The first-order valence-electron chi connectivity index (χ1n) is 14.7. The quantitative estimate of drug-likeness (QED) is 0.225. The van der Waals surface area contributed by atoms with Gasteiger partial charge in [0.25, 0.3) is 0 Å². The first-order chi connectivity index (χ1) is 18.6. The Hall–Kier alpha value is -3.39. The zero-order valence-corrected chi connectivity index (χ0v) is 24.8. The number of aryl methyl sites for hydroxylation is 2. The molecule has 0 saturated carbocycles. The SMILES string of the molecule is Cc1cc(-c2c(C)ccc3c2oc2ccc4c(c23)C(CC(C)C)(CC(C)C)c2ccccc2-4)ncc1C(C)C. The summed E-state index contributed by atoms with van der Waals surface area (Å²) in [5.41, 5.74) is 13.5. The highest BCUT2D eigenvalue weighted by atomic mass is 16.3. The van der Waals surface area contributed by atoms with E-state index in [-0.39, 0.29) is 5.41 Å². The molecule has 0 aliphatic heterocycles. The predicted molar refractivity (Wildman–Crippen MR) is 166 cm³/mol. The molecule has 0 atom stereocenters. The van der Waals surface area contributed by atoms with Gasteiger partial charge in [0.2, 0.25) is 0 Å². The zero-order chi connectivity index (χ0) is 27.6. The van der Waals surface area contributed by atoms with E-state index in [9.17, 15) is 0 Å². The van der Waals surface area contributed by atoms with E-state index in [2.05, 4.69) is 116 Å². The van der Waals surface area contributed by atoms with Crippen LogP contribution in [0.2, 0.25) is 0 Å². The molecule has 0 bridgehead atoms. The molecule has 39 heavy (non-hydrogen) atoms. The molecule has 2 heteroatoms. The maximum Gasteiger partial charge on any atom is 0.145 e. The van der Waals surface area contributed by atoms with E-state index < -0.39 is 0 Å². The molecule has 0 radical (unpaired) electrons. The summed E-state index contributed by atoms with van der Waals surface area (Å²) in [7, 11) is 0. The number of aromatic nitrogens is 1. The van der Waals surface area contributed by atoms with Crippen LogP contribution in [-0.4, -0.2) is 4.98 Å². The monoisotopic (exact) mass is 515 g/mol. The van der Waals surface area contributed by atoms with Gasteiger partial charge in [-0.15, -0.1) is 0 Å². The lowest BCUT2D eigenvalue weighted by atomic mass is 9.67. The van der Waals surface area contributed by atoms with E-state index in [0.717, 1.165) is 35.3 Å². The second-order valence-electron chi connectivity index (χ2n) is 13.0. The van der Waals surface area contributed by atoms with Gasteiger partial charge >= 0.3 is 0 Å². The smallest absolute Gasteiger partial charge is 0.145 e. The molecule has 1 aliphatic carbocycles. The van der Waals surface area contributed by atoms with Crippen LogP contribution in [0.4, 0.5) is 0 Å². The van der Waals surface area contributed by atoms with Gasteiger partial charge in [0.05, 0.1) is 5.69 Å². The largest absolute Gasteiger partial charge is 0.455 e. The van der Waals surface area contributed by atoms with Crippen molar-refractivity contribution in [3.8, 4) is 22.4 Å². The fraction of sp³-hybridized carbons (Fsp3) is 0.378. The third-order valence-electron chi connectivity index (χ3n) is 8.77. The third-order valence-corrected chi connectivity index (χ3v) is 8.77. The molecule has 0 spiro atoms. The van der Waals surface area contributed by atoms with E-state index in [1.54, 1.807) is 0 Å². The van der Waals surface area contributed by atoms with Gasteiger partial charge in [-0.05, 0) is 95.5 Å². The Bertz CT molecular complexity index is 1710. The normalized spacial score (nSPS) is 14.2. The van der Waals surface area contributed by atoms with Crippen molar-refractivity contribution in [1.82, 2.24) is 4.98 Å². The standard InChI is InChI=1S/C37H41NO/c1-21(2)18-37(19-22(3)4)30-12-10-9-11-26(30)27-15-16-32-34(35(27)37)28-14-13-24(7)33(36(28)39-32)31-17-25(8)29(20-38-31)23(5)6/h9-17,20-23H,18-19H2,1-8H3. The number of fused-ring (bicyclic) bond motifs is 7. The topological polar surface area (TPSA) is 26.0 Å². The summed E-state index contributed by atoms with van der Waals surface area (Å²) in [6.07, 6.45) is 4.30. The van der Waals surface area contributed by atoms with Crippen LogP contribution >= 0.6 is 0 Å². The fourth-order valence-electron chi connectivity index (χ4n) is 7.55. The van der Waals surface area contributed by atoms with Crippen LogP contribution in [0, 0.1) is 25.7 Å². The van der Waals surface area contributed by atoms with Crippen LogP contribution in [0.1, 0.15) is 88.1 Å². The fourth-order valence-corrected chi connectivity index (χ4v) is 7.55. The van der Waals surface area contributed by atoms with E-state index in [0.29, 0.717) is 17.8 Å². The molecular weight excluding hydrogens is 474 g/mol.